The molecule has 0 aliphatic carbocycles. The van der Waals surface area contributed by atoms with Crippen LogP contribution in [-0.4, -0.2) is 28.8 Å². The number of methoxy groups -OCH3 is 1. The SMILES string of the molecule is COC1=Nc2c(c(C)nn2C(C)(C)C)[C@H](c2ccc(F)cc2)[C@@H]1N. The van der Waals surface area contributed by atoms with Gasteiger partial charge in [-0.3, -0.25) is 0 Å². The van der Waals surface area contributed by atoms with Crippen LogP contribution in [0.2, 0.25) is 0 Å². The second kappa shape index (κ2) is 5.70. The molecule has 0 saturated carbocycles. The van der Waals surface area contributed by atoms with E-state index in [9.17, 15) is 4.39 Å². The Hall–Kier alpha value is -2.21. The molecular formula is C18H23FN4O. The van der Waals surface area contributed by atoms with E-state index in [0.29, 0.717) is 5.90 Å². The van der Waals surface area contributed by atoms with Crippen molar-refractivity contribution in [1.29, 1.82) is 0 Å². The molecule has 0 amide bonds. The Morgan fingerprint density at radius 2 is 1.83 bits per heavy atom. The molecule has 0 spiro atoms. The summed E-state index contributed by atoms with van der Waals surface area (Å²) in [5.41, 5.74) is 8.97. The van der Waals surface area contributed by atoms with E-state index in [0.717, 1.165) is 22.6 Å². The van der Waals surface area contributed by atoms with Crippen molar-refractivity contribution in [3.05, 3.63) is 46.9 Å². The third kappa shape index (κ3) is 2.60. The maximum atomic E-state index is 13.3. The van der Waals surface area contributed by atoms with Gasteiger partial charge in [0.25, 0.3) is 0 Å². The van der Waals surface area contributed by atoms with Crippen molar-refractivity contribution >= 4 is 11.7 Å². The van der Waals surface area contributed by atoms with Crippen LogP contribution in [0.3, 0.4) is 0 Å². The summed E-state index contributed by atoms with van der Waals surface area (Å²) in [6, 6.07) is 5.98. The predicted octanol–water partition coefficient (Wildman–Crippen LogP) is 3.23. The van der Waals surface area contributed by atoms with Crippen LogP contribution in [0.1, 0.15) is 43.5 Å². The van der Waals surface area contributed by atoms with Gasteiger partial charge in [-0.25, -0.2) is 9.07 Å². The van der Waals surface area contributed by atoms with Crippen LogP contribution in [-0.2, 0) is 10.3 Å². The van der Waals surface area contributed by atoms with E-state index >= 15 is 0 Å². The fourth-order valence-corrected chi connectivity index (χ4v) is 3.19. The Labute approximate surface area is 141 Å². The maximum absolute atomic E-state index is 13.3. The van der Waals surface area contributed by atoms with Gasteiger partial charge in [0.15, 0.2) is 5.82 Å². The number of rotatable bonds is 1. The number of nitrogens with zero attached hydrogens (tertiary/aromatic N) is 3. The van der Waals surface area contributed by atoms with Crippen LogP contribution < -0.4 is 5.73 Å². The van der Waals surface area contributed by atoms with Gasteiger partial charge in [0.1, 0.15) is 5.82 Å². The van der Waals surface area contributed by atoms with Crippen LogP contribution in [0, 0.1) is 12.7 Å². The predicted molar refractivity (Wildman–Crippen MR) is 92.3 cm³/mol. The zero-order valence-electron chi connectivity index (χ0n) is 14.7. The molecule has 0 fully saturated rings. The Kier molecular flexibility index (Phi) is 3.95. The molecule has 128 valence electrons. The number of benzene rings is 1. The number of ether oxygens (including phenoxy) is 1. The molecule has 6 heteroatoms. The quantitative estimate of drug-likeness (QED) is 0.873. The summed E-state index contributed by atoms with van der Waals surface area (Å²) in [7, 11) is 1.57. The topological polar surface area (TPSA) is 65.4 Å². The van der Waals surface area contributed by atoms with Gasteiger partial charge in [-0.1, -0.05) is 12.1 Å². The number of hydrogen-bond acceptors (Lipinski definition) is 4. The molecule has 0 saturated heterocycles. The van der Waals surface area contributed by atoms with Gasteiger partial charge in [-0.2, -0.15) is 10.1 Å². The number of aryl methyl sites for hydroxylation is 1. The lowest BCUT2D eigenvalue weighted by Crippen LogP contribution is -2.40. The van der Waals surface area contributed by atoms with Gasteiger partial charge in [-0.15, -0.1) is 0 Å². The lowest BCUT2D eigenvalue weighted by atomic mass is 9.83. The molecule has 0 unspecified atom stereocenters. The summed E-state index contributed by atoms with van der Waals surface area (Å²) in [6.07, 6.45) is 0. The second-order valence-electron chi connectivity index (χ2n) is 7.11. The van der Waals surface area contributed by atoms with E-state index in [-0.39, 0.29) is 17.3 Å². The van der Waals surface area contributed by atoms with Crippen molar-refractivity contribution in [1.82, 2.24) is 9.78 Å². The van der Waals surface area contributed by atoms with E-state index < -0.39 is 6.04 Å². The summed E-state index contributed by atoms with van der Waals surface area (Å²) in [6.45, 7) is 8.17. The fraction of sp³-hybridized carbons (Fsp3) is 0.444. The highest BCUT2D eigenvalue weighted by molar-refractivity contribution is 5.88. The van der Waals surface area contributed by atoms with Crippen LogP contribution in [0.4, 0.5) is 10.2 Å². The van der Waals surface area contributed by atoms with E-state index in [1.54, 1.807) is 19.2 Å². The Morgan fingerprint density at radius 1 is 1.21 bits per heavy atom. The summed E-state index contributed by atoms with van der Waals surface area (Å²) in [4.78, 5) is 4.62. The smallest absolute Gasteiger partial charge is 0.208 e. The highest BCUT2D eigenvalue weighted by atomic mass is 19.1. The average molecular weight is 330 g/mol. The fourth-order valence-electron chi connectivity index (χ4n) is 3.19. The van der Waals surface area contributed by atoms with Crippen molar-refractivity contribution in [2.24, 2.45) is 10.7 Å². The second-order valence-corrected chi connectivity index (χ2v) is 7.11. The zero-order valence-corrected chi connectivity index (χ0v) is 14.7. The van der Waals surface area contributed by atoms with Gasteiger partial charge >= 0.3 is 0 Å². The molecule has 1 aromatic carbocycles. The van der Waals surface area contributed by atoms with E-state index in [4.69, 9.17) is 10.5 Å². The summed E-state index contributed by atoms with van der Waals surface area (Å²) < 4.78 is 20.7. The zero-order chi connectivity index (χ0) is 17.6. The van der Waals surface area contributed by atoms with Crippen LogP contribution in [0.15, 0.2) is 29.3 Å². The number of aromatic nitrogens is 2. The maximum Gasteiger partial charge on any atom is 0.208 e. The molecular weight excluding hydrogens is 307 g/mol. The molecule has 3 rings (SSSR count). The lowest BCUT2D eigenvalue weighted by Gasteiger charge is -2.30. The molecule has 1 aliphatic heterocycles. The van der Waals surface area contributed by atoms with Gasteiger partial charge in [0.2, 0.25) is 5.90 Å². The van der Waals surface area contributed by atoms with E-state index in [2.05, 4.69) is 30.9 Å². The third-order valence-corrected chi connectivity index (χ3v) is 4.33. The number of hydrogen-bond donors (Lipinski definition) is 1. The summed E-state index contributed by atoms with van der Waals surface area (Å²) >= 11 is 0. The van der Waals surface area contributed by atoms with Crippen molar-refractivity contribution in [3.63, 3.8) is 0 Å². The molecule has 5 nitrogen and oxygen atoms in total. The summed E-state index contributed by atoms with van der Waals surface area (Å²) in [5, 5.41) is 4.68. The average Bonchev–Trinajstić information content (AvgIpc) is 2.85. The minimum Gasteiger partial charge on any atom is -0.483 e. The molecule has 1 aliphatic rings. The standard InChI is InChI=1S/C18H23FN4O/c1-10-13-14(11-6-8-12(19)9-7-11)15(20)17(24-5)21-16(13)23(22-10)18(2,3)4/h6-9,14-15H,20H2,1-5H3/t14-,15-/m0/s1. The van der Waals surface area contributed by atoms with Gasteiger partial charge in [0.05, 0.1) is 24.4 Å². The first-order valence-electron chi connectivity index (χ1n) is 7.97. The number of aliphatic imine (C=N–C) groups is 1. The van der Waals surface area contributed by atoms with Gasteiger partial charge in [-0.05, 0) is 45.4 Å². The van der Waals surface area contributed by atoms with Gasteiger partial charge in [0, 0.05) is 11.5 Å². The first kappa shape index (κ1) is 16.6. The molecule has 1 aromatic heterocycles. The van der Waals surface area contributed by atoms with E-state index in [1.165, 1.54) is 12.1 Å². The third-order valence-electron chi connectivity index (χ3n) is 4.33. The van der Waals surface area contributed by atoms with E-state index in [1.807, 2.05) is 11.6 Å². The number of fused-ring (bicyclic) bond motifs is 1. The van der Waals surface area contributed by atoms with Crippen LogP contribution >= 0.6 is 0 Å². The highest BCUT2D eigenvalue weighted by Crippen LogP contribution is 2.42. The molecule has 0 radical (unpaired) electrons. The minimum atomic E-state index is -0.440. The Morgan fingerprint density at radius 3 is 2.38 bits per heavy atom. The molecule has 2 N–H and O–H groups in total. The first-order chi connectivity index (χ1) is 11.2. The Bertz CT molecular complexity index is 787. The molecule has 2 heterocycles. The normalized spacial score (nSPS) is 20.5. The van der Waals surface area contributed by atoms with Crippen molar-refractivity contribution in [3.8, 4) is 0 Å². The number of halogens is 1. The molecule has 2 aromatic rings. The highest BCUT2D eigenvalue weighted by Gasteiger charge is 2.38. The Balaban J connectivity index is 2.25. The number of nitrogens with two attached hydrogens (primary N) is 1. The lowest BCUT2D eigenvalue weighted by molar-refractivity contribution is 0.350. The molecule has 0 bridgehead atoms. The monoisotopic (exact) mass is 330 g/mol. The van der Waals surface area contributed by atoms with Gasteiger partial charge < -0.3 is 10.5 Å². The van der Waals surface area contributed by atoms with Crippen LogP contribution in [0.25, 0.3) is 0 Å². The van der Waals surface area contributed by atoms with Crippen molar-refractivity contribution in [2.75, 3.05) is 7.11 Å². The molecule has 2 atom stereocenters. The minimum absolute atomic E-state index is 0.177. The molecule has 24 heavy (non-hydrogen) atoms. The van der Waals surface area contributed by atoms with Crippen molar-refractivity contribution in [2.45, 2.75) is 45.2 Å². The largest absolute Gasteiger partial charge is 0.483 e. The van der Waals surface area contributed by atoms with Crippen LogP contribution in [0.5, 0.6) is 0 Å². The first-order valence-corrected chi connectivity index (χ1v) is 7.97. The van der Waals surface area contributed by atoms with Crippen molar-refractivity contribution < 1.29 is 9.13 Å². The summed E-state index contributed by atoms with van der Waals surface area (Å²) in [5.74, 6) is 0.769.